The van der Waals surface area contributed by atoms with E-state index < -0.39 is 4.92 Å². The first kappa shape index (κ1) is 18.4. The minimum atomic E-state index is -0.453. The van der Waals surface area contributed by atoms with Crippen LogP contribution in [0, 0.1) is 14.9 Å². The number of amides is 1. The molecule has 3 aromatic rings. The summed E-state index contributed by atoms with van der Waals surface area (Å²) in [6.07, 6.45) is 3.42. The van der Waals surface area contributed by atoms with E-state index in [-0.39, 0.29) is 17.5 Å². The van der Waals surface area contributed by atoms with Crippen molar-refractivity contribution in [3.05, 3.63) is 50.7 Å². The van der Waals surface area contributed by atoms with Gasteiger partial charge in [0, 0.05) is 54.8 Å². The first-order valence-electron chi connectivity index (χ1n) is 9.19. The van der Waals surface area contributed by atoms with Crippen LogP contribution in [-0.2, 0) is 6.54 Å². The van der Waals surface area contributed by atoms with E-state index in [1.54, 1.807) is 17.2 Å². The molecule has 1 aromatic carbocycles. The number of piperidine rings is 1. The van der Waals surface area contributed by atoms with Gasteiger partial charge in [0.25, 0.3) is 11.6 Å². The van der Waals surface area contributed by atoms with Gasteiger partial charge in [0.1, 0.15) is 5.82 Å². The summed E-state index contributed by atoms with van der Waals surface area (Å²) in [4.78, 5) is 28.6. The lowest BCUT2D eigenvalue weighted by molar-refractivity contribution is -0.384. The molecule has 1 amide bonds. The maximum atomic E-state index is 13.2. The van der Waals surface area contributed by atoms with Crippen molar-refractivity contribution in [2.24, 2.45) is 0 Å². The lowest BCUT2D eigenvalue weighted by atomic mass is 9.96. The van der Waals surface area contributed by atoms with Crippen LogP contribution in [0.3, 0.4) is 0 Å². The van der Waals surface area contributed by atoms with Crippen LogP contribution < -0.4 is 0 Å². The molecule has 9 nitrogen and oxygen atoms in total. The Labute approximate surface area is 165 Å². The van der Waals surface area contributed by atoms with Crippen LogP contribution in [0.4, 0.5) is 5.69 Å². The minimum absolute atomic E-state index is 0.0313. The number of hydrogen-bond acceptors (Lipinski definition) is 5. The number of H-pyrrole nitrogens is 2. The van der Waals surface area contributed by atoms with E-state index in [0.29, 0.717) is 34.3 Å². The molecule has 0 aliphatic carbocycles. The highest BCUT2D eigenvalue weighted by Crippen LogP contribution is 2.29. The summed E-state index contributed by atoms with van der Waals surface area (Å²) in [6, 6.07) is 4.50. The molecule has 0 spiro atoms. The van der Waals surface area contributed by atoms with Gasteiger partial charge in [-0.25, -0.2) is 0 Å². The molecule has 2 N–H and O–H groups in total. The number of hydrogen-bond donors (Lipinski definition) is 2. The maximum Gasteiger partial charge on any atom is 0.270 e. The summed E-state index contributed by atoms with van der Waals surface area (Å²) in [5.74, 6) is 0.846. The number of aromatic amines is 2. The van der Waals surface area contributed by atoms with Crippen LogP contribution in [0.2, 0.25) is 0 Å². The highest BCUT2D eigenvalue weighted by atomic mass is 32.1. The van der Waals surface area contributed by atoms with Gasteiger partial charge in [-0.2, -0.15) is 5.10 Å². The van der Waals surface area contributed by atoms with Crippen molar-refractivity contribution in [1.29, 1.82) is 0 Å². The van der Waals surface area contributed by atoms with Gasteiger partial charge in [-0.3, -0.25) is 20.0 Å². The number of non-ortho nitro benzene ring substituents is 1. The molecule has 1 aliphatic rings. The van der Waals surface area contributed by atoms with Gasteiger partial charge in [-0.05, 0) is 38.0 Å². The molecule has 2 aromatic heterocycles. The number of aromatic nitrogens is 4. The number of nitro benzene ring substituents is 1. The summed E-state index contributed by atoms with van der Waals surface area (Å²) in [5.41, 5.74) is 1.12. The molecular weight excluding hydrogens is 380 g/mol. The Kier molecular flexibility index (Phi) is 4.71. The summed E-state index contributed by atoms with van der Waals surface area (Å²) < 4.78 is 2.55. The van der Waals surface area contributed by atoms with E-state index >= 15 is 0 Å². The molecule has 4 rings (SSSR count). The van der Waals surface area contributed by atoms with Crippen LogP contribution >= 0.6 is 12.2 Å². The van der Waals surface area contributed by atoms with Crippen molar-refractivity contribution < 1.29 is 9.72 Å². The fraction of sp³-hybridized carbons (Fsp3) is 0.389. The standard InChI is InChI=1S/C18H20N6O3S/c1-2-23-16(20-21-18(23)28)11-4-3-7-22(10-11)17(25)14-9-19-15-6-5-12(24(26)27)8-13(14)15/h5-6,8-9,11,19H,2-4,7,10H2,1H3,(H,21,28). The number of rotatable bonds is 4. The molecular formula is C18H20N6O3S. The van der Waals surface area contributed by atoms with Gasteiger partial charge >= 0.3 is 0 Å². The predicted molar refractivity (Wildman–Crippen MR) is 106 cm³/mol. The summed E-state index contributed by atoms with van der Waals surface area (Å²) in [7, 11) is 0. The fourth-order valence-corrected chi connectivity index (χ4v) is 4.16. The lowest BCUT2D eigenvalue weighted by Gasteiger charge is -2.32. The number of likely N-dealkylation sites (tertiary alicyclic amines) is 1. The molecule has 28 heavy (non-hydrogen) atoms. The van der Waals surface area contributed by atoms with E-state index in [4.69, 9.17) is 12.2 Å². The zero-order valence-corrected chi connectivity index (χ0v) is 16.2. The Balaban J connectivity index is 1.63. The average Bonchev–Trinajstić information content (AvgIpc) is 3.30. The van der Waals surface area contributed by atoms with Crippen LogP contribution in [0.1, 0.15) is 41.9 Å². The largest absolute Gasteiger partial charge is 0.360 e. The first-order chi connectivity index (χ1) is 13.5. The van der Waals surface area contributed by atoms with E-state index in [0.717, 1.165) is 25.2 Å². The third-order valence-corrected chi connectivity index (χ3v) is 5.60. The van der Waals surface area contributed by atoms with Crippen molar-refractivity contribution in [3.8, 4) is 0 Å². The molecule has 3 heterocycles. The zero-order chi connectivity index (χ0) is 19.8. The molecule has 0 bridgehead atoms. The number of fused-ring (bicyclic) bond motifs is 1. The Morgan fingerprint density at radius 3 is 3.04 bits per heavy atom. The SMILES string of the molecule is CCn1c(C2CCCN(C(=O)c3c[nH]c4ccc([N+](=O)[O-])cc34)C2)n[nH]c1=S. The van der Waals surface area contributed by atoms with Crippen molar-refractivity contribution in [2.45, 2.75) is 32.2 Å². The van der Waals surface area contributed by atoms with Gasteiger partial charge < -0.3 is 14.5 Å². The molecule has 1 atom stereocenters. The minimum Gasteiger partial charge on any atom is -0.360 e. The molecule has 1 aliphatic heterocycles. The molecule has 146 valence electrons. The van der Waals surface area contributed by atoms with Gasteiger partial charge in [0.05, 0.1) is 10.5 Å². The quantitative estimate of drug-likeness (QED) is 0.396. The Morgan fingerprint density at radius 2 is 2.29 bits per heavy atom. The van der Waals surface area contributed by atoms with Gasteiger partial charge in [-0.15, -0.1) is 0 Å². The maximum absolute atomic E-state index is 13.2. The van der Waals surface area contributed by atoms with Crippen LogP contribution in [0.15, 0.2) is 24.4 Å². The Bertz CT molecular complexity index is 1110. The fourth-order valence-electron chi connectivity index (χ4n) is 3.89. The molecule has 0 saturated carbocycles. The van der Waals surface area contributed by atoms with E-state index in [1.165, 1.54) is 12.1 Å². The van der Waals surface area contributed by atoms with E-state index in [2.05, 4.69) is 15.2 Å². The van der Waals surface area contributed by atoms with Crippen molar-refractivity contribution >= 4 is 34.7 Å². The Hall–Kier alpha value is -3.01. The van der Waals surface area contributed by atoms with Crippen molar-refractivity contribution in [2.75, 3.05) is 13.1 Å². The highest BCUT2D eigenvalue weighted by molar-refractivity contribution is 7.71. The third kappa shape index (κ3) is 3.09. The first-order valence-corrected chi connectivity index (χ1v) is 9.60. The van der Waals surface area contributed by atoms with Crippen molar-refractivity contribution in [3.63, 3.8) is 0 Å². The normalized spacial score (nSPS) is 17.2. The van der Waals surface area contributed by atoms with Gasteiger partial charge in [0.15, 0.2) is 4.77 Å². The molecule has 1 saturated heterocycles. The van der Waals surface area contributed by atoms with Crippen LogP contribution in [0.5, 0.6) is 0 Å². The monoisotopic (exact) mass is 400 g/mol. The second kappa shape index (κ2) is 7.19. The van der Waals surface area contributed by atoms with Gasteiger partial charge in [0.2, 0.25) is 0 Å². The molecule has 0 radical (unpaired) electrons. The van der Waals surface area contributed by atoms with E-state index in [1.807, 2.05) is 11.5 Å². The average molecular weight is 400 g/mol. The predicted octanol–water partition coefficient (Wildman–Crippen LogP) is 3.37. The van der Waals surface area contributed by atoms with Gasteiger partial charge in [-0.1, -0.05) is 0 Å². The number of nitrogens with zero attached hydrogens (tertiary/aromatic N) is 4. The number of benzene rings is 1. The van der Waals surface area contributed by atoms with E-state index in [9.17, 15) is 14.9 Å². The lowest BCUT2D eigenvalue weighted by Crippen LogP contribution is -2.39. The number of nitro groups is 1. The number of nitrogens with one attached hydrogen (secondary N) is 2. The number of carbonyl (C=O) groups excluding carboxylic acids is 1. The van der Waals surface area contributed by atoms with Crippen molar-refractivity contribution in [1.82, 2.24) is 24.6 Å². The Morgan fingerprint density at radius 1 is 1.46 bits per heavy atom. The summed E-state index contributed by atoms with van der Waals surface area (Å²) in [5, 5.41) is 18.9. The topological polar surface area (TPSA) is 113 Å². The molecule has 1 unspecified atom stereocenters. The molecule has 10 heteroatoms. The molecule has 1 fully saturated rings. The number of carbonyl (C=O) groups is 1. The zero-order valence-electron chi connectivity index (χ0n) is 15.3. The summed E-state index contributed by atoms with van der Waals surface area (Å²) in [6.45, 7) is 3.93. The highest BCUT2D eigenvalue weighted by Gasteiger charge is 2.29. The third-order valence-electron chi connectivity index (χ3n) is 5.28. The second-order valence-corrected chi connectivity index (χ2v) is 7.30. The summed E-state index contributed by atoms with van der Waals surface area (Å²) >= 11 is 5.28. The van der Waals surface area contributed by atoms with Crippen LogP contribution in [-0.4, -0.2) is 48.6 Å². The second-order valence-electron chi connectivity index (χ2n) is 6.91. The smallest absolute Gasteiger partial charge is 0.270 e. The van der Waals surface area contributed by atoms with Crippen LogP contribution in [0.25, 0.3) is 10.9 Å².